The first-order valence-corrected chi connectivity index (χ1v) is 6.91. The van der Waals surface area contributed by atoms with Crippen molar-refractivity contribution in [3.63, 3.8) is 0 Å². The van der Waals surface area contributed by atoms with Crippen molar-refractivity contribution in [2.24, 2.45) is 0 Å². The molecule has 2 rings (SSSR count). The molecule has 1 aliphatic rings. The third-order valence-electron chi connectivity index (χ3n) is 3.12. The van der Waals surface area contributed by atoms with Crippen LogP contribution in [0.1, 0.15) is 16.8 Å². The highest BCUT2D eigenvalue weighted by Crippen LogP contribution is 2.24. The number of hydrogen-bond acceptors (Lipinski definition) is 6. The quantitative estimate of drug-likeness (QED) is 0.659. The standard InChI is InChI=1S/C11H14N4O3S/c1-14(7-2-3-19-6-7)11(16)9-4-8(15(17)18)5-13-10(9)12/h4-5,7H,2-3,6H2,1H3,(H2,12,13). The Morgan fingerprint density at radius 1 is 1.68 bits per heavy atom. The second kappa shape index (κ2) is 5.43. The Labute approximate surface area is 114 Å². The molecule has 8 heteroatoms. The second-order valence-electron chi connectivity index (χ2n) is 4.32. The summed E-state index contributed by atoms with van der Waals surface area (Å²) < 4.78 is 0. The van der Waals surface area contributed by atoms with Crippen molar-refractivity contribution in [1.29, 1.82) is 0 Å². The minimum Gasteiger partial charge on any atom is -0.383 e. The number of hydrogen-bond donors (Lipinski definition) is 1. The number of thioether (sulfide) groups is 1. The number of rotatable bonds is 3. The van der Waals surface area contributed by atoms with E-state index in [-0.39, 0.29) is 29.0 Å². The fourth-order valence-electron chi connectivity index (χ4n) is 1.92. The molecule has 1 aromatic heterocycles. The first-order valence-electron chi connectivity index (χ1n) is 5.75. The van der Waals surface area contributed by atoms with Gasteiger partial charge < -0.3 is 10.6 Å². The van der Waals surface area contributed by atoms with Gasteiger partial charge in [-0.2, -0.15) is 11.8 Å². The van der Waals surface area contributed by atoms with Crippen molar-refractivity contribution < 1.29 is 9.72 Å². The Bertz CT molecular complexity index is 517. The average molecular weight is 282 g/mol. The second-order valence-corrected chi connectivity index (χ2v) is 5.47. The summed E-state index contributed by atoms with van der Waals surface area (Å²) in [6.07, 6.45) is 1.98. The summed E-state index contributed by atoms with van der Waals surface area (Å²) in [6.45, 7) is 0. The summed E-state index contributed by atoms with van der Waals surface area (Å²) in [7, 11) is 1.69. The van der Waals surface area contributed by atoms with Gasteiger partial charge in [0.05, 0.1) is 10.5 Å². The Morgan fingerprint density at radius 3 is 3.00 bits per heavy atom. The first-order chi connectivity index (χ1) is 9.00. The fraction of sp³-hybridized carbons (Fsp3) is 0.455. The van der Waals surface area contributed by atoms with Crippen molar-refractivity contribution in [1.82, 2.24) is 9.88 Å². The van der Waals surface area contributed by atoms with E-state index >= 15 is 0 Å². The maximum absolute atomic E-state index is 12.3. The van der Waals surface area contributed by atoms with Crippen LogP contribution in [0.3, 0.4) is 0 Å². The molecular formula is C11H14N4O3S. The van der Waals surface area contributed by atoms with Crippen LogP contribution in [0.5, 0.6) is 0 Å². The number of carbonyl (C=O) groups excluding carboxylic acids is 1. The number of pyridine rings is 1. The lowest BCUT2D eigenvalue weighted by molar-refractivity contribution is -0.385. The molecule has 1 fully saturated rings. The zero-order chi connectivity index (χ0) is 14.0. The van der Waals surface area contributed by atoms with Gasteiger partial charge in [-0.1, -0.05) is 0 Å². The summed E-state index contributed by atoms with van der Waals surface area (Å²) in [6, 6.07) is 1.33. The molecule has 19 heavy (non-hydrogen) atoms. The van der Waals surface area contributed by atoms with Crippen LogP contribution in [0, 0.1) is 10.1 Å². The smallest absolute Gasteiger partial charge is 0.288 e. The number of nitro groups is 1. The Balaban J connectivity index is 2.26. The largest absolute Gasteiger partial charge is 0.383 e. The molecule has 1 saturated heterocycles. The minimum atomic E-state index is -0.589. The van der Waals surface area contributed by atoms with E-state index in [0.717, 1.165) is 24.1 Å². The molecule has 1 aliphatic heterocycles. The SMILES string of the molecule is CN(C(=O)c1cc([N+](=O)[O-])cnc1N)C1CCSC1. The van der Waals surface area contributed by atoms with Crippen molar-refractivity contribution >= 4 is 29.2 Å². The molecule has 1 atom stereocenters. The third kappa shape index (κ3) is 2.78. The molecule has 0 radical (unpaired) electrons. The van der Waals surface area contributed by atoms with Crippen LogP contribution in [0.2, 0.25) is 0 Å². The molecule has 7 nitrogen and oxygen atoms in total. The van der Waals surface area contributed by atoms with Gasteiger partial charge in [0.1, 0.15) is 12.0 Å². The summed E-state index contributed by atoms with van der Waals surface area (Å²) in [5.74, 6) is 1.60. The van der Waals surface area contributed by atoms with Crippen LogP contribution < -0.4 is 5.73 Å². The van der Waals surface area contributed by atoms with E-state index in [1.165, 1.54) is 6.07 Å². The van der Waals surface area contributed by atoms with Crippen molar-refractivity contribution in [3.8, 4) is 0 Å². The highest BCUT2D eigenvalue weighted by atomic mass is 32.2. The van der Waals surface area contributed by atoms with Gasteiger partial charge in [-0.15, -0.1) is 0 Å². The molecule has 1 unspecified atom stereocenters. The summed E-state index contributed by atoms with van der Waals surface area (Å²) >= 11 is 1.79. The fourth-order valence-corrected chi connectivity index (χ4v) is 3.19. The van der Waals surface area contributed by atoms with E-state index in [9.17, 15) is 14.9 Å². The lowest BCUT2D eigenvalue weighted by Gasteiger charge is -2.24. The lowest BCUT2D eigenvalue weighted by Crippen LogP contribution is -2.37. The molecule has 1 amide bonds. The number of aromatic nitrogens is 1. The Kier molecular flexibility index (Phi) is 3.89. The van der Waals surface area contributed by atoms with Crippen LogP contribution in [0.25, 0.3) is 0 Å². The zero-order valence-electron chi connectivity index (χ0n) is 10.4. The van der Waals surface area contributed by atoms with Gasteiger partial charge in [-0.25, -0.2) is 4.98 Å². The minimum absolute atomic E-state index is 0.0214. The number of amides is 1. The van der Waals surface area contributed by atoms with Crippen LogP contribution >= 0.6 is 11.8 Å². The summed E-state index contributed by atoms with van der Waals surface area (Å²) in [5, 5.41) is 10.7. The van der Waals surface area contributed by atoms with Crippen LogP contribution in [0.15, 0.2) is 12.3 Å². The molecule has 2 N–H and O–H groups in total. The van der Waals surface area contributed by atoms with Gasteiger partial charge in [0.15, 0.2) is 0 Å². The van der Waals surface area contributed by atoms with Crippen LogP contribution in [-0.2, 0) is 0 Å². The third-order valence-corrected chi connectivity index (χ3v) is 4.26. The lowest BCUT2D eigenvalue weighted by atomic mass is 10.1. The predicted octanol–water partition coefficient (Wildman–Crippen LogP) is 1.15. The number of carbonyl (C=O) groups is 1. The van der Waals surface area contributed by atoms with E-state index in [4.69, 9.17) is 5.73 Å². The Morgan fingerprint density at radius 2 is 2.42 bits per heavy atom. The number of anilines is 1. The number of nitrogen functional groups attached to an aromatic ring is 1. The van der Waals surface area contributed by atoms with Gasteiger partial charge in [0, 0.05) is 24.9 Å². The monoisotopic (exact) mass is 282 g/mol. The van der Waals surface area contributed by atoms with E-state index in [1.54, 1.807) is 23.7 Å². The van der Waals surface area contributed by atoms with E-state index in [2.05, 4.69) is 4.98 Å². The molecule has 0 spiro atoms. The van der Waals surface area contributed by atoms with Gasteiger partial charge in [-0.3, -0.25) is 14.9 Å². The van der Waals surface area contributed by atoms with Crippen LogP contribution in [-0.4, -0.2) is 45.3 Å². The first kappa shape index (κ1) is 13.6. The van der Waals surface area contributed by atoms with Crippen LogP contribution in [0.4, 0.5) is 11.5 Å². The molecule has 1 aromatic rings. The number of nitrogens with zero attached hydrogens (tertiary/aromatic N) is 3. The molecule has 2 heterocycles. The normalized spacial score (nSPS) is 18.3. The van der Waals surface area contributed by atoms with E-state index in [0.29, 0.717) is 0 Å². The van der Waals surface area contributed by atoms with Gasteiger partial charge >= 0.3 is 0 Å². The van der Waals surface area contributed by atoms with Gasteiger partial charge in [0.2, 0.25) is 0 Å². The van der Waals surface area contributed by atoms with Crippen molar-refractivity contribution in [2.45, 2.75) is 12.5 Å². The van der Waals surface area contributed by atoms with E-state index in [1.807, 2.05) is 0 Å². The van der Waals surface area contributed by atoms with Gasteiger partial charge in [-0.05, 0) is 12.2 Å². The predicted molar refractivity (Wildman–Crippen MR) is 73.1 cm³/mol. The van der Waals surface area contributed by atoms with Gasteiger partial charge in [0.25, 0.3) is 11.6 Å². The average Bonchev–Trinajstić information content (AvgIpc) is 2.91. The molecule has 0 aliphatic carbocycles. The summed E-state index contributed by atoms with van der Waals surface area (Å²) in [4.78, 5) is 27.7. The topological polar surface area (TPSA) is 102 Å². The Hall–Kier alpha value is -1.83. The number of nitrogens with two attached hydrogens (primary N) is 1. The summed E-state index contributed by atoms with van der Waals surface area (Å²) in [5.41, 5.74) is 5.50. The molecule has 0 saturated carbocycles. The highest BCUT2D eigenvalue weighted by molar-refractivity contribution is 7.99. The van der Waals surface area contributed by atoms with E-state index < -0.39 is 4.92 Å². The molecule has 102 valence electrons. The van der Waals surface area contributed by atoms with Crippen molar-refractivity contribution in [3.05, 3.63) is 27.9 Å². The maximum Gasteiger partial charge on any atom is 0.288 e. The molecular weight excluding hydrogens is 268 g/mol. The van der Waals surface area contributed by atoms with Crippen molar-refractivity contribution in [2.75, 3.05) is 24.3 Å². The highest BCUT2D eigenvalue weighted by Gasteiger charge is 2.27. The maximum atomic E-state index is 12.3. The molecule has 0 aromatic carbocycles. The molecule has 0 bridgehead atoms. The zero-order valence-corrected chi connectivity index (χ0v) is 11.2.